The number of nitrogens with zero attached hydrogens (tertiary/aromatic N) is 2. The van der Waals surface area contributed by atoms with E-state index in [2.05, 4.69) is 4.98 Å². The van der Waals surface area contributed by atoms with E-state index in [1.807, 2.05) is 0 Å². The van der Waals surface area contributed by atoms with Crippen molar-refractivity contribution >= 4 is 17.7 Å². The zero-order chi connectivity index (χ0) is 17.0. The monoisotopic (exact) mass is 346 g/mol. The van der Waals surface area contributed by atoms with E-state index >= 15 is 0 Å². The Hall–Kier alpha value is -1.45. The summed E-state index contributed by atoms with van der Waals surface area (Å²) >= 11 is 0.781. The minimum Gasteiger partial charge on any atom is -0.333 e. The maximum Gasteiger partial charge on any atom is 0.417 e. The predicted octanol–water partition coefficient (Wildman–Crippen LogP) is 3.60. The maximum absolute atomic E-state index is 12.3. The van der Waals surface area contributed by atoms with Crippen LogP contribution in [0.15, 0.2) is 23.4 Å². The summed E-state index contributed by atoms with van der Waals surface area (Å²) in [5, 5.41) is 0.129. The van der Waals surface area contributed by atoms with Crippen LogP contribution in [-0.2, 0) is 11.0 Å². The third-order valence-electron chi connectivity index (χ3n) is 2.51. The van der Waals surface area contributed by atoms with Crippen molar-refractivity contribution in [2.75, 3.05) is 18.8 Å². The minimum atomic E-state index is -4.52. The molecule has 0 N–H and O–H groups in total. The second kappa shape index (κ2) is 7.21. The van der Waals surface area contributed by atoms with Gasteiger partial charge in [-0.2, -0.15) is 26.3 Å². The number of hydrogen-bond acceptors (Lipinski definition) is 3. The van der Waals surface area contributed by atoms with Gasteiger partial charge in [0.2, 0.25) is 5.91 Å². The average molecular weight is 346 g/mol. The van der Waals surface area contributed by atoms with E-state index in [4.69, 9.17) is 0 Å². The topological polar surface area (TPSA) is 33.2 Å². The molecule has 1 heterocycles. The molecule has 0 fully saturated rings. The van der Waals surface area contributed by atoms with Crippen molar-refractivity contribution < 1.29 is 31.1 Å². The van der Waals surface area contributed by atoms with Crippen molar-refractivity contribution in [1.29, 1.82) is 0 Å². The maximum atomic E-state index is 12.3. The van der Waals surface area contributed by atoms with Gasteiger partial charge in [-0.3, -0.25) is 4.79 Å². The van der Waals surface area contributed by atoms with Crippen molar-refractivity contribution in [2.45, 2.75) is 24.3 Å². The zero-order valence-electron chi connectivity index (χ0n) is 11.3. The Morgan fingerprint density at radius 2 is 1.86 bits per heavy atom. The lowest BCUT2D eigenvalue weighted by atomic mass is 10.3. The summed E-state index contributed by atoms with van der Waals surface area (Å²) in [6.07, 6.45) is -8.40. The molecule has 1 amide bonds. The van der Waals surface area contributed by atoms with Crippen LogP contribution in [0.1, 0.15) is 12.5 Å². The van der Waals surface area contributed by atoms with Crippen LogP contribution in [0.5, 0.6) is 0 Å². The molecule has 0 unspecified atom stereocenters. The molecule has 3 nitrogen and oxygen atoms in total. The summed E-state index contributed by atoms with van der Waals surface area (Å²) < 4.78 is 73.7. The Morgan fingerprint density at radius 3 is 2.27 bits per heavy atom. The van der Waals surface area contributed by atoms with Crippen LogP contribution in [0.3, 0.4) is 0 Å². The highest BCUT2D eigenvalue weighted by Crippen LogP contribution is 2.29. The highest BCUT2D eigenvalue weighted by Gasteiger charge is 2.32. The van der Waals surface area contributed by atoms with E-state index in [0.29, 0.717) is 11.1 Å². The normalized spacial score (nSPS) is 12.3. The van der Waals surface area contributed by atoms with Gasteiger partial charge in [-0.1, -0.05) is 11.8 Å². The Balaban J connectivity index is 2.60. The van der Waals surface area contributed by atoms with E-state index in [1.54, 1.807) is 0 Å². The zero-order valence-corrected chi connectivity index (χ0v) is 12.1. The summed E-state index contributed by atoms with van der Waals surface area (Å²) in [6.45, 7) is -0.0621. The van der Waals surface area contributed by atoms with E-state index in [9.17, 15) is 31.1 Å². The van der Waals surface area contributed by atoms with Crippen molar-refractivity contribution in [2.24, 2.45) is 0 Å². The molecule has 0 saturated carbocycles. The van der Waals surface area contributed by atoms with Gasteiger partial charge in [-0.15, -0.1) is 0 Å². The molecule has 0 aliphatic heterocycles. The van der Waals surface area contributed by atoms with Crippen LogP contribution in [0.2, 0.25) is 0 Å². The number of alkyl halides is 6. The SMILES string of the molecule is CCN(CC(F)(F)F)C(=O)CSc1ccc(C(F)(F)F)cn1. The fourth-order valence-electron chi connectivity index (χ4n) is 1.45. The van der Waals surface area contributed by atoms with Crippen molar-refractivity contribution in [1.82, 2.24) is 9.88 Å². The second-order valence-electron chi connectivity index (χ2n) is 4.19. The summed E-state index contributed by atoms with van der Waals surface area (Å²) in [5.41, 5.74) is -0.935. The summed E-state index contributed by atoms with van der Waals surface area (Å²) in [6, 6.07) is 1.87. The fourth-order valence-corrected chi connectivity index (χ4v) is 2.20. The number of rotatable bonds is 5. The van der Waals surface area contributed by atoms with Crippen LogP contribution >= 0.6 is 11.8 Å². The molecule has 0 aliphatic carbocycles. The first-order valence-electron chi connectivity index (χ1n) is 6.03. The molecular formula is C12H12F6N2OS. The number of hydrogen-bond donors (Lipinski definition) is 0. The third-order valence-corrected chi connectivity index (χ3v) is 3.44. The largest absolute Gasteiger partial charge is 0.417 e. The van der Waals surface area contributed by atoms with E-state index in [-0.39, 0.29) is 17.3 Å². The molecule has 0 spiro atoms. The first kappa shape index (κ1) is 18.6. The van der Waals surface area contributed by atoms with Gasteiger partial charge < -0.3 is 4.90 Å². The molecule has 0 atom stereocenters. The Morgan fingerprint density at radius 1 is 1.23 bits per heavy atom. The highest BCUT2D eigenvalue weighted by molar-refractivity contribution is 7.99. The summed E-state index contributed by atoms with van der Waals surface area (Å²) in [7, 11) is 0. The van der Waals surface area contributed by atoms with Gasteiger partial charge in [0, 0.05) is 12.7 Å². The number of pyridine rings is 1. The van der Waals surface area contributed by atoms with Gasteiger partial charge in [-0.25, -0.2) is 4.98 Å². The van der Waals surface area contributed by atoms with Crippen LogP contribution < -0.4 is 0 Å². The molecule has 0 bridgehead atoms. The van der Waals surface area contributed by atoms with Gasteiger partial charge in [0.25, 0.3) is 0 Å². The second-order valence-corrected chi connectivity index (χ2v) is 5.19. The lowest BCUT2D eigenvalue weighted by Gasteiger charge is -2.22. The van der Waals surface area contributed by atoms with Gasteiger partial charge >= 0.3 is 12.4 Å². The lowest BCUT2D eigenvalue weighted by molar-refractivity contribution is -0.159. The Kier molecular flexibility index (Phi) is 6.09. The summed E-state index contributed by atoms with van der Waals surface area (Å²) in [5.74, 6) is -1.09. The lowest BCUT2D eigenvalue weighted by Crippen LogP contribution is -2.39. The number of carbonyl (C=O) groups is 1. The average Bonchev–Trinajstić information content (AvgIpc) is 2.40. The third kappa shape index (κ3) is 6.12. The van der Waals surface area contributed by atoms with Crippen LogP contribution in [0, 0.1) is 0 Å². The molecule has 124 valence electrons. The van der Waals surface area contributed by atoms with Gasteiger partial charge in [-0.05, 0) is 19.1 Å². The van der Waals surface area contributed by atoms with E-state index in [1.165, 1.54) is 6.92 Å². The van der Waals surface area contributed by atoms with Crippen molar-refractivity contribution in [3.8, 4) is 0 Å². The highest BCUT2D eigenvalue weighted by atomic mass is 32.2. The number of halogens is 6. The number of aromatic nitrogens is 1. The number of thioether (sulfide) groups is 1. The van der Waals surface area contributed by atoms with Gasteiger partial charge in [0.15, 0.2) is 0 Å². The quantitative estimate of drug-likeness (QED) is 0.603. The molecule has 0 saturated heterocycles. The molecule has 0 aliphatic rings. The minimum absolute atomic E-state index is 0.112. The van der Waals surface area contributed by atoms with Crippen LogP contribution in [-0.4, -0.2) is 40.8 Å². The van der Waals surface area contributed by atoms with Gasteiger partial charge in [0.05, 0.1) is 16.3 Å². The van der Waals surface area contributed by atoms with E-state index in [0.717, 1.165) is 23.9 Å². The molecular weight excluding hydrogens is 334 g/mol. The first-order chi connectivity index (χ1) is 10.0. The predicted molar refractivity (Wildman–Crippen MR) is 68.3 cm³/mol. The molecule has 0 aromatic carbocycles. The number of amides is 1. The number of carbonyl (C=O) groups excluding carboxylic acids is 1. The molecule has 10 heteroatoms. The Labute approximate surface area is 126 Å². The summed E-state index contributed by atoms with van der Waals surface area (Å²) in [4.78, 5) is 15.8. The first-order valence-corrected chi connectivity index (χ1v) is 7.02. The van der Waals surface area contributed by atoms with Gasteiger partial charge in [0.1, 0.15) is 6.54 Å². The van der Waals surface area contributed by atoms with Crippen LogP contribution in [0.4, 0.5) is 26.3 Å². The molecule has 1 rings (SSSR count). The molecule has 22 heavy (non-hydrogen) atoms. The molecule has 1 aromatic rings. The molecule has 1 aromatic heterocycles. The standard InChI is InChI=1S/C12H12F6N2OS/c1-2-20(7-11(13,14)15)10(21)6-22-9-4-3-8(5-19-9)12(16,17)18/h3-5H,2,6-7H2,1H3. The smallest absolute Gasteiger partial charge is 0.333 e. The fraction of sp³-hybridized carbons (Fsp3) is 0.500. The van der Waals surface area contributed by atoms with Crippen LogP contribution in [0.25, 0.3) is 0 Å². The van der Waals surface area contributed by atoms with Crippen molar-refractivity contribution in [3.63, 3.8) is 0 Å². The van der Waals surface area contributed by atoms with Crippen molar-refractivity contribution in [3.05, 3.63) is 23.9 Å². The Bertz CT molecular complexity index is 500. The molecule has 0 radical (unpaired) electrons. The van der Waals surface area contributed by atoms with E-state index < -0.39 is 30.4 Å².